The first-order valence-corrected chi connectivity index (χ1v) is 6.39. The molecule has 1 fully saturated rings. The van der Waals surface area contributed by atoms with Crippen molar-refractivity contribution < 1.29 is 19.4 Å². The van der Waals surface area contributed by atoms with Gasteiger partial charge in [0.2, 0.25) is 0 Å². The lowest BCUT2D eigenvalue weighted by Gasteiger charge is -2.30. The highest BCUT2D eigenvalue weighted by atomic mass is 16.5. The van der Waals surface area contributed by atoms with Crippen LogP contribution in [0.5, 0.6) is 5.75 Å². The highest BCUT2D eigenvalue weighted by Crippen LogP contribution is 2.13. The van der Waals surface area contributed by atoms with Crippen LogP contribution in [0.3, 0.4) is 0 Å². The first-order chi connectivity index (χ1) is 9.19. The summed E-state index contributed by atoms with van der Waals surface area (Å²) < 4.78 is 10.3. The Morgan fingerprint density at radius 2 is 2.21 bits per heavy atom. The van der Waals surface area contributed by atoms with Gasteiger partial charge in [0.1, 0.15) is 5.75 Å². The number of hydrogen-bond donors (Lipinski definition) is 1. The summed E-state index contributed by atoms with van der Waals surface area (Å²) in [4.78, 5) is 13.0. The third kappa shape index (κ3) is 3.94. The molecule has 1 aliphatic rings. The Morgan fingerprint density at radius 1 is 1.47 bits per heavy atom. The minimum absolute atomic E-state index is 0.464. The summed E-state index contributed by atoms with van der Waals surface area (Å²) in [5.74, 6) is -0.0322. The van der Waals surface area contributed by atoms with Crippen LogP contribution in [0, 0.1) is 0 Å². The molecule has 104 valence electrons. The number of ether oxygens (including phenoxy) is 2. The number of nitrogens with zero attached hydrogens (tertiary/aromatic N) is 1. The van der Waals surface area contributed by atoms with Gasteiger partial charge in [-0.15, -0.1) is 0 Å². The van der Waals surface area contributed by atoms with Crippen LogP contribution in [-0.4, -0.2) is 55.4 Å². The van der Waals surface area contributed by atoms with Crippen LogP contribution in [0.1, 0.15) is 5.56 Å². The van der Waals surface area contributed by atoms with E-state index in [-0.39, 0.29) is 0 Å². The van der Waals surface area contributed by atoms with Crippen molar-refractivity contribution in [3.05, 3.63) is 29.8 Å². The topological polar surface area (TPSA) is 59.0 Å². The molecule has 0 radical (unpaired) electrons. The molecule has 1 N–H and O–H groups in total. The maximum Gasteiger partial charge on any atom is 0.334 e. The summed E-state index contributed by atoms with van der Waals surface area (Å²) in [5, 5.41) is 8.93. The van der Waals surface area contributed by atoms with Crippen LogP contribution in [0.25, 0.3) is 0 Å². The number of carbonyl (C=O) groups is 1. The van der Waals surface area contributed by atoms with Crippen molar-refractivity contribution in [2.24, 2.45) is 0 Å². The van der Waals surface area contributed by atoms with E-state index in [1.165, 1.54) is 5.56 Å². The molecular weight excluding hydrogens is 246 g/mol. The number of carboxylic acid groups (broad SMARTS) is 1. The van der Waals surface area contributed by atoms with Crippen molar-refractivity contribution in [1.82, 2.24) is 4.90 Å². The van der Waals surface area contributed by atoms with Crippen LogP contribution in [0.2, 0.25) is 0 Å². The molecule has 1 atom stereocenters. The number of aliphatic carboxylic acids is 1. The summed E-state index contributed by atoms with van der Waals surface area (Å²) in [6.07, 6.45) is 0.209. The monoisotopic (exact) mass is 265 g/mol. The molecule has 0 aliphatic carbocycles. The van der Waals surface area contributed by atoms with Crippen molar-refractivity contribution in [2.45, 2.75) is 12.5 Å². The summed E-state index contributed by atoms with van der Waals surface area (Å²) >= 11 is 0. The Balaban J connectivity index is 1.82. The van der Waals surface area contributed by atoms with E-state index in [0.717, 1.165) is 25.3 Å². The Bertz CT molecular complexity index is 418. The van der Waals surface area contributed by atoms with Gasteiger partial charge in [-0.25, -0.2) is 4.79 Å². The van der Waals surface area contributed by atoms with Gasteiger partial charge in [0.25, 0.3) is 0 Å². The van der Waals surface area contributed by atoms with Gasteiger partial charge in [-0.05, 0) is 24.1 Å². The standard InChI is InChI=1S/C14H19NO4/c1-18-12-4-2-11(3-5-12)6-7-15-8-9-19-13(10-15)14(16)17/h2-5,13H,6-10H2,1H3,(H,16,17). The summed E-state index contributed by atoms with van der Waals surface area (Å²) in [6.45, 7) is 2.59. The number of methoxy groups -OCH3 is 1. The van der Waals surface area contributed by atoms with Gasteiger partial charge in [-0.2, -0.15) is 0 Å². The number of morpholine rings is 1. The zero-order valence-electron chi connectivity index (χ0n) is 11.0. The van der Waals surface area contributed by atoms with E-state index in [1.807, 2.05) is 24.3 Å². The van der Waals surface area contributed by atoms with Crippen LogP contribution in [0.4, 0.5) is 0 Å². The van der Waals surface area contributed by atoms with E-state index in [1.54, 1.807) is 7.11 Å². The molecule has 0 spiro atoms. The van der Waals surface area contributed by atoms with Gasteiger partial charge < -0.3 is 14.6 Å². The third-order valence-electron chi connectivity index (χ3n) is 3.30. The van der Waals surface area contributed by atoms with Gasteiger partial charge in [0.05, 0.1) is 13.7 Å². The van der Waals surface area contributed by atoms with Crippen LogP contribution in [-0.2, 0) is 16.0 Å². The normalized spacial score (nSPS) is 20.2. The van der Waals surface area contributed by atoms with E-state index < -0.39 is 12.1 Å². The fraction of sp³-hybridized carbons (Fsp3) is 0.500. The molecule has 0 amide bonds. The fourth-order valence-electron chi connectivity index (χ4n) is 2.13. The molecule has 1 aliphatic heterocycles. The predicted molar refractivity (Wildman–Crippen MR) is 70.5 cm³/mol. The van der Waals surface area contributed by atoms with Crippen LogP contribution < -0.4 is 4.74 Å². The second kappa shape index (κ2) is 6.54. The van der Waals surface area contributed by atoms with E-state index in [9.17, 15) is 4.79 Å². The first-order valence-electron chi connectivity index (χ1n) is 6.39. The Kier molecular flexibility index (Phi) is 4.76. The summed E-state index contributed by atoms with van der Waals surface area (Å²) in [7, 11) is 1.65. The zero-order valence-corrected chi connectivity index (χ0v) is 11.0. The fourth-order valence-corrected chi connectivity index (χ4v) is 2.13. The number of hydrogen-bond acceptors (Lipinski definition) is 4. The SMILES string of the molecule is COc1ccc(CCN2CCOC(C(=O)O)C2)cc1. The lowest BCUT2D eigenvalue weighted by atomic mass is 10.1. The van der Waals surface area contributed by atoms with Gasteiger partial charge in [0, 0.05) is 19.6 Å². The maximum atomic E-state index is 10.9. The number of rotatable bonds is 5. The zero-order chi connectivity index (χ0) is 13.7. The Morgan fingerprint density at radius 3 is 2.84 bits per heavy atom. The van der Waals surface area contributed by atoms with Crippen molar-refractivity contribution in [3.8, 4) is 5.75 Å². The lowest BCUT2D eigenvalue weighted by molar-refractivity contribution is -0.155. The molecule has 1 heterocycles. The van der Waals surface area contributed by atoms with Crippen LogP contribution >= 0.6 is 0 Å². The average molecular weight is 265 g/mol. The molecule has 1 aromatic carbocycles. The molecule has 1 unspecified atom stereocenters. The van der Waals surface area contributed by atoms with Crippen molar-refractivity contribution >= 4 is 5.97 Å². The lowest BCUT2D eigenvalue weighted by Crippen LogP contribution is -2.46. The highest BCUT2D eigenvalue weighted by molar-refractivity contribution is 5.72. The molecule has 1 saturated heterocycles. The molecule has 1 aromatic rings. The number of benzene rings is 1. The minimum Gasteiger partial charge on any atom is -0.497 e. The molecule has 0 bridgehead atoms. The third-order valence-corrected chi connectivity index (χ3v) is 3.30. The molecule has 19 heavy (non-hydrogen) atoms. The highest BCUT2D eigenvalue weighted by Gasteiger charge is 2.25. The second-order valence-corrected chi connectivity index (χ2v) is 4.60. The molecular formula is C14H19NO4. The molecule has 0 saturated carbocycles. The largest absolute Gasteiger partial charge is 0.497 e. The van der Waals surface area contributed by atoms with E-state index in [0.29, 0.717) is 13.2 Å². The molecule has 5 heteroatoms. The van der Waals surface area contributed by atoms with Gasteiger partial charge in [-0.3, -0.25) is 4.90 Å². The van der Waals surface area contributed by atoms with Gasteiger partial charge in [0.15, 0.2) is 6.10 Å². The first kappa shape index (κ1) is 13.8. The maximum absolute atomic E-state index is 10.9. The van der Waals surface area contributed by atoms with Gasteiger partial charge in [-0.1, -0.05) is 12.1 Å². The predicted octanol–water partition coefficient (Wildman–Crippen LogP) is 1.02. The van der Waals surface area contributed by atoms with Gasteiger partial charge >= 0.3 is 5.97 Å². The average Bonchev–Trinajstić information content (AvgIpc) is 2.46. The minimum atomic E-state index is -0.880. The molecule has 0 aromatic heterocycles. The van der Waals surface area contributed by atoms with E-state index in [4.69, 9.17) is 14.6 Å². The van der Waals surface area contributed by atoms with Crippen LogP contribution in [0.15, 0.2) is 24.3 Å². The Labute approximate surface area is 112 Å². The summed E-state index contributed by atoms with van der Waals surface area (Å²) in [6, 6.07) is 7.95. The second-order valence-electron chi connectivity index (χ2n) is 4.60. The smallest absolute Gasteiger partial charge is 0.334 e. The summed E-state index contributed by atoms with van der Waals surface area (Å²) in [5.41, 5.74) is 1.22. The molecule has 2 rings (SSSR count). The van der Waals surface area contributed by atoms with Crippen molar-refractivity contribution in [2.75, 3.05) is 33.4 Å². The van der Waals surface area contributed by atoms with E-state index in [2.05, 4.69) is 4.90 Å². The number of carboxylic acids is 1. The Hall–Kier alpha value is -1.59. The molecule has 5 nitrogen and oxygen atoms in total. The van der Waals surface area contributed by atoms with Crippen molar-refractivity contribution in [3.63, 3.8) is 0 Å². The quantitative estimate of drug-likeness (QED) is 0.861. The van der Waals surface area contributed by atoms with Crippen molar-refractivity contribution in [1.29, 1.82) is 0 Å². The van der Waals surface area contributed by atoms with E-state index >= 15 is 0 Å².